The van der Waals surface area contributed by atoms with Crippen molar-refractivity contribution in [2.45, 2.75) is 77.5 Å². The van der Waals surface area contributed by atoms with Crippen LogP contribution in [0.25, 0.3) is 0 Å². The third kappa shape index (κ3) is 9.43. The number of hydrogen-bond donors (Lipinski definition) is 2. The second kappa shape index (κ2) is 17.3. The fourth-order valence-electron chi connectivity index (χ4n) is 6.46. The first-order chi connectivity index (χ1) is 24.9. The van der Waals surface area contributed by atoms with Gasteiger partial charge in [-0.15, -0.1) is 0 Å². The molecule has 2 aliphatic rings. The molecule has 51 heavy (non-hydrogen) atoms. The van der Waals surface area contributed by atoms with Gasteiger partial charge in [-0.05, 0) is 89.5 Å². The lowest BCUT2D eigenvalue weighted by Crippen LogP contribution is -2.33. The van der Waals surface area contributed by atoms with Crippen LogP contribution < -0.4 is 14.2 Å². The van der Waals surface area contributed by atoms with Crippen LogP contribution in [0.5, 0.6) is 28.7 Å². The van der Waals surface area contributed by atoms with Crippen molar-refractivity contribution in [2.75, 3.05) is 13.2 Å². The molecule has 0 saturated carbocycles. The van der Waals surface area contributed by atoms with Crippen LogP contribution in [0.1, 0.15) is 72.3 Å². The Kier molecular flexibility index (Phi) is 12.2. The van der Waals surface area contributed by atoms with E-state index in [9.17, 15) is 10.2 Å². The van der Waals surface area contributed by atoms with Gasteiger partial charge < -0.3 is 33.9 Å². The molecule has 0 aliphatic carbocycles. The molecule has 7 nitrogen and oxygen atoms in total. The normalized spacial score (nSPS) is 19.0. The van der Waals surface area contributed by atoms with Crippen molar-refractivity contribution in [3.63, 3.8) is 0 Å². The zero-order valence-electron chi connectivity index (χ0n) is 29.7. The Morgan fingerprint density at radius 1 is 0.608 bits per heavy atom. The lowest BCUT2D eigenvalue weighted by Gasteiger charge is -2.34. The van der Waals surface area contributed by atoms with Gasteiger partial charge in [0.15, 0.2) is 12.2 Å². The van der Waals surface area contributed by atoms with Crippen LogP contribution in [-0.2, 0) is 28.9 Å². The molecule has 2 N–H and O–H groups in total. The van der Waals surface area contributed by atoms with E-state index >= 15 is 0 Å². The summed E-state index contributed by atoms with van der Waals surface area (Å²) in [5.41, 5.74) is 6.55. The maximum atomic E-state index is 9.71. The molecule has 5 aromatic rings. The molecule has 266 valence electrons. The third-order valence-corrected chi connectivity index (χ3v) is 9.00. The van der Waals surface area contributed by atoms with Crippen molar-refractivity contribution in [3.05, 3.63) is 149 Å². The summed E-state index contributed by atoms with van der Waals surface area (Å²) in [4.78, 5) is 0. The number of hydrogen-bond acceptors (Lipinski definition) is 7. The molecule has 0 amide bonds. The predicted octanol–water partition coefficient (Wildman–Crippen LogP) is 9.61. The van der Waals surface area contributed by atoms with E-state index < -0.39 is 0 Å². The Bertz CT molecular complexity index is 1860. The van der Waals surface area contributed by atoms with Gasteiger partial charge in [0.05, 0.1) is 0 Å². The Balaban J connectivity index is 0.000000183. The average molecular weight is 689 g/mol. The molecule has 0 bridgehead atoms. The first-order valence-electron chi connectivity index (χ1n) is 17.9. The molecular formula is C44H48O7. The van der Waals surface area contributed by atoms with Crippen LogP contribution in [0.4, 0.5) is 0 Å². The van der Waals surface area contributed by atoms with Crippen LogP contribution in [0.3, 0.4) is 0 Å². The predicted molar refractivity (Wildman–Crippen MR) is 199 cm³/mol. The monoisotopic (exact) mass is 688 g/mol. The number of aryl methyl sites for hydroxylation is 1. The highest BCUT2D eigenvalue weighted by atomic mass is 16.5. The minimum absolute atomic E-state index is 0.00507. The van der Waals surface area contributed by atoms with E-state index in [0.717, 1.165) is 66.0 Å². The lowest BCUT2D eigenvalue weighted by atomic mass is 9.93. The standard InChI is InChI=1S/C26H28O3.C18H20O4/c1-3-14-27-25-17-21-13-12-19(2)15-24(21)29-26(25)22-10-7-11-23(16-22)28-18-20-8-5-4-6-9-20;1-2-8-21-17-10-12-6-7-15(20)11-16(12)22-18(17)13-4-3-5-14(19)9-13/h4-13,15-16,25-26H,3,14,17-18H2,1-2H3;3-7,9,11,17-20H,2,8,10H2,1H3/t25-,26?;17-,18?/m11/s1. The number of benzene rings is 5. The van der Waals surface area contributed by atoms with E-state index in [1.165, 1.54) is 11.1 Å². The smallest absolute Gasteiger partial charge is 0.150 e. The van der Waals surface area contributed by atoms with Crippen LogP contribution in [0, 0.1) is 6.92 Å². The zero-order chi connectivity index (χ0) is 35.6. The summed E-state index contributed by atoms with van der Waals surface area (Å²) in [5, 5.41) is 19.4. The number of fused-ring (bicyclic) bond motifs is 2. The van der Waals surface area contributed by atoms with Crippen LogP contribution >= 0.6 is 0 Å². The lowest BCUT2D eigenvalue weighted by molar-refractivity contribution is -0.0374. The molecule has 2 heterocycles. The number of phenols is 2. The highest BCUT2D eigenvalue weighted by Gasteiger charge is 2.33. The van der Waals surface area contributed by atoms with E-state index in [-0.39, 0.29) is 35.9 Å². The number of ether oxygens (including phenoxy) is 5. The van der Waals surface area contributed by atoms with Crippen LogP contribution in [0.15, 0.2) is 115 Å². The van der Waals surface area contributed by atoms with E-state index in [0.29, 0.717) is 19.0 Å². The molecule has 2 aliphatic heterocycles. The van der Waals surface area contributed by atoms with Crippen molar-refractivity contribution in [1.29, 1.82) is 0 Å². The molecule has 7 heteroatoms. The van der Waals surface area contributed by atoms with E-state index in [2.05, 4.69) is 63.2 Å². The fraction of sp³-hybridized carbons (Fsp3) is 0.318. The van der Waals surface area contributed by atoms with Gasteiger partial charge in [0, 0.05) is 32.1 Å². The fourth-order valence-corrected chi connectivity index (χ4v) is 6.46. The Labute approximate surface area is 301 Å². The van der Waals surface area contributed by atoms with Crippen molar-refractivity contribution < 1.29 is 33.9 Å². The second-order valence-electron chi connectivity index (χ2n) is 13.1. The first kappa shape index (κ1) is 35.8. The van der Waals surface area contributed by atoms with Gasteiger partial charge in [0.2, 0.25) is 0 Å². The van der Waals surface area contributed by atoms with Gasteiger partial charge in [-0.2, -0.15) is 0 Å². The second-order valence-corrected chi connectivity index (χ2v) is 13.1. The molecule has 0 aromatic heterocycles. The maximum absolute atomic E-state index is 9.71. The third-order valence-electron chi connectivity index (χ3n) is 9.00. The van der Waals surface area contributed by atoms with E-state index in [1.54, 1.807) is 30.3 Å². The maximum Gasteiger partial charge on any atom is 0.150 e. The summed E-state index contributed by atoms with van der Waals surface area (Å²) in [5.74, 6) is 2.87. The van der Waals surface area contributed by atoms with E-state index in [4.69, 9.17) is 23.7 Å². The quantitative estimate of drug-likeness (QED) is 0.143. The number of rotatable bonds is 11. The molecule has 0 saturated heterocycles. The first-order valence-corrected chi connectivity index (χ1v) is 17.9. The Morgan fingerprint density at radius 3 is 1.84 bits per heavy atom. The van der Waals surface area contributed by atoms with Crippen LogP contribution in [0.2, 0.25) is 0 Å². The average Bonchev–Trinajstić information content (AvgIpc) is 3.15. The van der Waals surface area contributed by atoms with Gasteiger partial charge >= 0.3 is 0 Å². The molecule has 0 spiro atoms. The summed E-state index contributed by atoms with van der Waals surface area (Å²) < 4.78 is 30.7. The molecule has 7 rings (SSSR count). The zero-order valence-corrected chi connectivity index (χ0v) is 29.7. The van der Waals surface area contributed by atoms with Gasteiger partial charge in [-0.25, -0.2) is 0 Å². The molecule has 2 unspecified atom stereocenters. The van der Waals surface area contributed by atoms with Gasteiger partial charge in [0.25, 0.3) is 0 Å². The molecular weight excluding hydrogens is 640 g/mol. The molecule has 4 atom stereocenters. The van der Waals surface area contributed by atoms with Crippen molar-refractivity contribution in [2.24, 2.45) is 0 Å². The summed E-state index contributed by atoms with van der Waals surface area (Å²) in [7, 11) is 0. The summed E-state index contributed by atoms with van der Waals surface area (Å²) in [6.45, 7) is 8.24. The molecule has 0 radical (unpaired) electrons. The van der Waals surface area contributed by atoms with Gasteiger partial charge in [-0.3, -0.25) is 0 Å². The number of aromatic hydroxyl groups is 2. The highest BCUT2D eigenvalue weighted by molar-refractivity contribution is 5.44. The molecule has 5 aromatic carbocycles. The largest absolute Gasteiger partial charge is 0.508 e. The van der Waals surface area contributed by atoms with Gasteiger partial charge in [-0.1, -0.05) is 86.6 Å². The summed E-state index contributed by atoms with van der Waals surface area (Å²) in [6.07, 6.45) is 2.94. The van der Waals surface area contributed by atoms with Crippen molar-refractivity contribution >= 4 is 0 Å². The molecule has 0 fully saturated rings. The van der Waals surface area contributed by atoms with Crippen molar-refractivity contribution in [3.8, 4) is 28.7 Å². The van der Waals surface area contributed by atoms with E-state index in [1.807, 2.05) is 42.5 Å². The van der Waals surface area contributed by atoms with Crippen LogP contribution in [-0.4, -0.2) is 35.6 Å². The summed E-state index contributed by atoms with van der Waals surface area (Å²) >= 11 is 0. The minimum atomic E-state index is -0.298. The SMILES string of the molecule is CCCO[C@@H]1Cc2ccc(C)cc2OC1c1cccc(OCc2ccccc2)c1.CCCO[C@@H]1Cc2ccc(O)cc2OC1c1cccc(O)c1. The van der Waals surface area contributed by atoms with Crippen molar-refractivity contribution in [1.82, 2.24) is 0 Å². The Morgan fingerprint density at radius 2 is 1.20 bits per heavy atom. The highest BCUT2D eigenvalue weighted by Crippen LogP contribution is 2.40. The minimum Gasteiger partial charge on any atom is -0.508 e. The Hall–Kier alpha value is -4.98. The summed E-state index contributed by atoms with van der Waals surface area (Å²) in [6, 6.07) is 37.0. The number of phenolic OH excluding ortho intramolecular Hbond substituents is 2. The topological polar surface area (TPSA) is 86.6 Å². The van der Waals surface area contributed by atoms with Gasteiger partial charge in [0.1, 0.15) is 47.6 Å².